The number of rotatable bonds is 7. The number of methoxy groups -OCH3 is 1. The number of halogens is 2. The Morgan fingerprint density at radius 3 is 2.67 bits per heavy atom. The number of allylic oxidation sites excluding steroid dienone is 1. The third-order valence-electron chi connectivity index (χ3n) is 6.10. The van der Waals surface area contributed by atoms with Gasteiger partial charge in [-0.25, -0.2) is 9.79 Å². The number of fused-ring (bicyclic) bond motifs is 1. The van der Waals surface area contributed by atoms with Gasteiger partial charge in [0.15, 0.2) is 4.80 Å². The van der Waals surface area contributed by atoms with E-state index >= 15 is 0 Å². The molecule has 39 heavy (non-hydrogen) atoms. The minimum absolute atomic E-state index is 0.0346. The molecule has 0 amide bonds. The normalized spacial score (nSPS) is 15.1. The van der Waals surface area contributed by atoms with Crippen molar-refractivity contribution >= 4 is 46.6 Å². The summed E-state index contributed by atoms with van der Waals surface area (Å²) in [6, 6.07) is 15.0. The van der Waals surface area contributed by atoms with Crippen molar-refractivity contribution in [1.29, 1.82) is 0 Å². The van der Waals surface area contributed by atoms with Crippen molar-refractivity contribution in [1.82, 2.24) is 4.57 Å². The Morgan fingerprint density at radius 1 is 1.18 bits per heavy atom. The molecule has 7 nitrogen and oxygen atoms in total. The number of carbonyl (C=O) groups excluding carboxylic acids is 1. The minimum Gasteiger partial charge on any atom is -0.497 e. The summed E-state index contributed by atoms with van der Waals surface area (Å²) in [6.45, 7) is 5.37. The van der Waals surface area contributed by atoms with E-state index in [1.807, 2.05) is 12.1 Å². The molecule has 5 rings (SSSR count). The van der Waals surface area contributed by atoms with Crippen LogP contribution in [0.3, 0.4) is 0 Å². The Balaban J connectivity index is 1.63. The van der Waals surface area contributed by atoms with Gasteiger partial charge >= 0.3 is 5.97 Å². The molecule has 0 fully saturated rings. The number of nitrogens with zero attached hydrogens (tertiary/aromatic N) is 2. The molecule has 0 radical (unpaired) electrons. The molecule has 0 unspecified atom stereocenters. The standard InChI is InChI=1S/C29H22Cl2N2O5S/c1-4-13-37-28(35)25-16(2)32-29-33(26(25)17-5-8-19(36-3)9-6-17)27(34)24(39-29)15-20-10-12-23(38-20)21-14-18(30)7-11-22(21)31/h4-12,14-15,26H,1,13H2,2-3H3/b24-15+/t26-/m0/s1. The largest absolute Gasteiger partial charge is 0.497 e. The average Bonchev–Trinajstić information content (AvgIpc) is 3.52. The summed E-state index contributed by atoms with van der Waals surface area (Å²) in [4.78, 5) is 31.9. The van der Waals surface area contributed by atoms with Crippen LogP contribution >= 0.6 is 34.5 Å². The SMILES string of the molecule is C=CCOC(=O)C1=C(C)N=c2s/c(=C/c3ccc(-c4cc(Cl)ccc4Cl)o3)c(=O)n2[C@H]1c1ccc(OC)cc1. The van der Waals surface area contributed by atoms with Crippen LogP contribution in [0, 0.1) is 0 Å². The molecule has 0 N–H and O–H groups in total. The van der Waals surface area contributed by atoms with Gasteiger partial charge in [-0.3, -0.25) is 9.36 Å². The van der Waals surface area contributed by atoms with Crippen molar-refractivity contribution in [2.24, 2.45) is 4.99 Å². The summed E-state index contributed by atoms with van der Waals surface area (Å²) in [5.41, 5.74) is 1.77. The molecule has 4 aromatic rings. The highest BCUT2D eigenvalue weighted by Gasteiger charge is 2.33. The van der Waals surface area contributed by atoms with Gasteiger partial charge in [-0.05, 0) is 55.0 Å². The van der Waals surface area contributed by atoms with Crippen molar-refractivity contribution in [3.8, 4) is 17.1 Å². The molecular weight excluding hydrogens is 559 g/mol. The molecule has 0 saturated carbocycles. The Bertz CT molecular complexity index is 1800. The first-order valence-corrected chi connectivity index (χ1v) is 13.4. The van der Waals surface area contributed by atoms with Crippen molar-refractivity contribution < 1.29 is 18.7 Å². The topological polar surface area (TPSA) is 83.0 Å². The number of thiazole rings is 1. The van der Waals surface area contributed by atoms with E-state index < -0.39 is 12.0 Å². The van der Waals surface area contributed by atoms with Gasteiger partial charge in [-0.1, -0.05) is 59.3 Å². The zero-order valence-electron chi connectivity index (χ0n) is 20.9. The molecule has 0 bridgehead atoms. The molecule has 3 heterocycles. The molecule has 1 aliphatic rings. The number of benzene rings is 2. The number of ether oxygens (including phenoxy) is 2. The zero-order chi connectivity index (χ0) is 27.7. The van der Waals surface area contributed by atoms with Crippen LogP contribution in [-0.2, 0) is 9.53 Å². The summed E-state index contributed by atoms with van der Waals surface area (Å²) in [7, 11) is 1.57. The lowest BCUT2D eigenvalue weighted by Crippen LogP contribution is -2.39. The Morgan fingerprint density at radius 2 is 1.95 bits per heavy atom. The summed E-state index contributed by atoms with van der Waals surface area (Å²) >= 11 is 13.7. The van der Waals surface area contributed by atoms with Crippen molar-refractivity contribution in [2.45, 2.75) is 13.0 Å². The maximum Gasteiger partial charge on any atom is 0.338 e. The minimum atomic E-state index is -0.746. The number of carbonyl (C=O) groups is 1. The van der Waals surface area contributed by atoms with Gasteiger partial charge < -0.3 is 13.9 Å². The Kier molecular flexibility index (Phi) is 7.61. The molecule has 0 aliphatic carbocycles. The van der Waals surface area contributed by atoms with Gasteiger partial charge in [0, 0.05) is 16.7 Å². The van der Waals surface area contributed by atoms with Gasteiger partial charge in [-0.15, -0.1) is 0 Å². The van der Waals surface area contributed by atoms with E-state index in [1.165, 1.54) is 22.0 Å². The summed E-state index contributed by atoms with van der Waals surface area (Å²) in [5, 5.41) is 1.02. The zero-order valence-corrected chi connectivity index (χ0v) is 23.3. The molecule has 0 spiro atoms. The highest BCUT2D eigenvalue weighted by atomic mass is 35.5. The average molecular weight is 581 g/mol. The summed E-state index contributed by atoms with van der Waals surface area (Å²) < 4.78 is 18.5. The van der Waals surface area contributed by atoms with Gasteiger partial charge in [0.05, 0.1) is 34.0 Å². The lowest BCUT2D eigenvalue weighted by molar-refractivity contribution is -0.138. The van der Waals surface area contributed by atoms with Crippen LogP contribution in [-0.4, -0.2) is 24.3 Å². The molecule has 1 aliphatic heterocycles. The van der Waals surface area contributed by atoms with Gasteiger partial charge in [0.2, 0.25) is 0 Å². The summed E-state index contributed by atoms with van der Waals surface area (Å²) in [6.07, 6.45) is 3.13. The number of aromatic nitrogens is 1. The van der Waals surface area contributed by atoms with Crippen molar-refractivity contribution in [3.05, 3.63) is 120 Å². The number of hydrogen-bond donors (Lipinski definition) is 0. The number of furan rings is 1. The Hall–Kier alpha value is -3.85. The quantitative estimate of drug-likeness (QED) is 0.212. The molecule has 0 saturated heterocycles. The lowest BCUT2D eigenvalue weighted by Gasteiger charge is -2.24. The molecular formula is C29H22Cl2N2O5S. The van der Waals surface area contributed by atoms with Crippen LogP contribution in [0.25, 0.3) is 17.4 Å². The van der Waals surface area contributed by atoms with Gasteiger partial charge in [-0.2, -0.15) is 0 Å². The highest BCUT2D eigenvalue weighted by molar-refractivity contribution is 7.07. The van der Waals surface area contributed by atoms with E-state index in [4.69, 9.17) is 37.1 Å². The van der Waals surface area contributed by atoms with Crippen LogP contribution in [0.15, 0.2) is 92.7 Å². The number of hydrogen-bond acceptors (Lipinski definition) is 7. The predicted octanol–water partition coefficient (Wildman–Crippen LogP) is 5.54. The van der Waals surface area contributed by atoms with Gasteiger partial charge in [0.1, 0.15) is 23.9 Å². The van der Waals surface area contributed by atoms with E-state index in [0.29, 0.717) is 53.5 Å². The van der Waals surface area contributed by atoms with Crippen LogP contribution < -0.4 is 19.6 Å². The number of esters is 1. The predicted molar refractivity (Wildman–Crippen MR) is 152 cm³/mol. The van der Waals surface area contributed by atoms with E-state index in [9.17, 15) is 9.59 Å². The van der Waals surface area contributed by atoms with E-state index in [1.54, 1.807) is 62.6 Å². The second kappa shape index (κ2) is 11.1. The smallest absolute Gasteiger partial charge is 0.338 e. The fourth-order valence-electron chi connectivity index (χ4n) is 4.29. The van der Waals surface area contributed by atoms with E-state index in [2.05, 4.69) is 11.6 Å². The first-order valence-electron chi connectivity index (χ1n) is 11.8. The third-order valence-corrected chi connectivity index (χ3v) is 7.65. The van der Waals surface area contributed by atoms with Crippen LogP contribution in [0.1, 0.15) is 24.3 Å². The van der Waals surface area contributed by atoms with E-state index in [0.717, 1.165) is 0 Å². The monoisotopic (exact) mass is 580 g/mol. The fraction of sp³-hybridized carbons (Fsp3) is 0.138. The van der Waals surface area contributed by atoms with Crippen molar-refractivity contribution in [2.75, 3.05) is 13.7 Å². The lowest BCUT2D eigenvalue weighted by atomic mass is 9.96. The van der Waals surface area contributed by atoms with Gasteiger partial charge in [0.25, 0.3) is 5.56 Å². The first kappa shape index (κ1) is 26.7. The molecule has 1 atom stereocenters. The first-order chi connectivity index (χ1) is 18.8. The highest BCUT2D eigenvalue weighted by Crippen LogP contribution is 2.33. The van der Waals surface area contributed by atoms with Crippen LogP contribution in [0.2, 0.25) is 10.0 Å². The third kappa shape index (κ3) is 5.23. The molecule has 10 heteroatoms. The second-order valence-corrected chi connectivity index (χ2v) is 10.4. The maximum absolute atomic E-state index is 13.8. The van der Waals surface area contributed by atoms with Crippen molar-refractivity contribution in [3.63, 3.8) is 0 Å². The molecule has 2 aromatic heterocycles. The molecule has 2 aromatic carbocycles. The van der Waals surface area contributed by atoms with E-state index in [-0.39, 0.29) is 17.7 Å². The summed E-state index contributed by atoms with van der Waals surface area (Å²) in [5.74, 6) is 1.05. The van der Waals surface area contributed by atoms with Crippen LogP contribution in [0.4, 0.5) is 0 Å². The van der Waals surface area contributed by atoms with Crippen LogP contribution in [0.5, 0.6) is 5.75 Å². The molecule has 198 valence electrons. The maximum atomic E-state index is 13.8. The second-order valence-electron chi connectivity index (χ2n) is 8.57. The Labute approximate surface area is 237 Å². The fourth-order valence-corrected chi connectivity index (χ4v) is 5.70.